The third-order valence-electron chi connectivity index (χ3n) is 13.7. The van der Waals surface area contributed by atoms with Gasteiger partial charge in [-0.3, -0.25) is 4.57 Å². The zero-order valence-corrected chi connectivity index (χ0v) is 36.8. The van der Waals surface area contributed by atoms with Gasteiger partial charge in [0.05, 0.1) is 22.1 Å². The molecular formula is C63H39N5. The number of fused-ring (bicyclic) bond motifs is 12. The highest BCUT2D eigenvalue weighted by atomic mass is 15.2. The molecule has 0 N–H and O–H groups in total. The molecule has 3 aromatic heterocycles. The Morgan fingerprint density at radius 3 is 1.31 bits per heavy atom. The molecular weight excluding hydrogens is 827 g/mol. The van der Waals surface area contributed by atoms with Gasteiger partial charge in [0.1, 0.15) is 0 Å². The third kappa shape index (κ3) is 5.99. The van der Waals surface area contributed by atoms with Crippen LogP contribution >= 0.6 is 0 Å². The van der Waals surface area contributed by atoms with Gasteiger partial charge < -0.3 is 4.57 Å². The number of aromatic nitrogens is 5. The lowest BCUT2D eigenvalue weighted by Crippen LogP contribution is -2.06. The summed E-state index contributed by atoms with van der Waals surface area (Å²) in [5.41, 5.74) is 11.9. The van der Waals surface area contributed by atoms with E-state index in [4.69, 9.17) is 15.0 Å². The van der Waals surface area contributed by atoms with E-state index < -0.39 is 0 Å². The zero-order valence-electron chi connectivity index (χ0n) is 36.8. The minimum atomic E-state index is 0.567. The smallest absolute Gasteiger partial charge is 0.238 e. The Morgan fingerprint density at radius 1 is 0.221 bits per heavy atom. The van der Waals surface area contributed by atoms with E-state index in [0.717, 1.165) is 66.2 Å². The van der Waals surface area contributed by atoms with Gasteiger partial charge >= 0.3 is 0 Å². The molecule has 0 aliphatic carbocycles. The first-order valence-electron chi connectivity index (χ1n) is 23.1. The molecule has 0 spiro atoms. The largest absolute Gasteiger partial charge is 0.309 e. The summed E-state index contributed by atoms with van der Waals surface area (Å²) in [7, 11) is 0. The molecule has 0 amide bonds. The van der Waals surface area contributed by atoms with Gasteiger partial charge in [-0.2, -0.15) is 9.97 Å². The summed E-state index contributed by atoms with van der Waals surface area (Å²) < 4.78 is 4.65. The Balaban J connectivity index is 0.970. The second kappa shape index (κ2) is 15.2. The summed E-state index contributed by atoms with van der Waals surface area (Å²) in [4.78, 5) is 15.7. The molecule has 3 heterocycles. The van der Waals surface area contributed by atoms with Crippen molar-refractivity contribution in [1.82, 2.24) is 24.1 Å². The van der Waals surface area contributed by atoms with E-state index >= 15 is 0 Å². The number of hydrogen-bond acceptors (Lipinski definition) is 3. The first-order chi connectivity index (χ1) is 33.7. The molecule has 0 radical (unpaired) electrons. The SMILES string of the molecule is c1ccc(-c2cccc(-c3nc(-c4ccccc4)nc(-n4c5ccccc5c5cc6c(cc54)c4ccccc4n6-c4cccc(-c5ccc6c7ccccc7c7ccccc7c6c5)c4)n3)c2)cc1. The van der Waals surface area contributed by atoms with Crippen LogP contribution in [0.3, 0.4) is 0 Å². The molecule has 68 heavy (non-hydrogen) atoms. The van der Waals surface area contributed by atoms with E-state index in [0.29, 0.717) is 17.6 Å². The van der Waals surface area contributed by atoms with Crippen molar-refractivity contribution in [3.63, 3.8) is 0 Å². The Morgan fingerprint density at radius 2 is 0.662 bits per heavy atom. The number of rotatable bonds is 6. The van der Waals surface area contributed by atoms with E-state index in [9.17, 15) is 0 Å². The topological polar surface area (TPSA) is 48.5 Å². The van der Waals surface area contributed by atoms with Crippen LogP contribution in [0.15, 0.2) is 237 Å². The summed E-state index contributed by atoms with van der Waals surface area (Å²) in [5, 5.41) is 12.2. The molecule has 0 aliphatic rings. The molecule has 0 aliphatic heterocycles. The van der Waals surface area contributed by atoms with E-state index in [1.807, 2.05) is 24.3 Å². The summed E-state index contributed by atoms with van der Waals surface area (Å²) in [6.07, 6.45) is 0. The van der Waals surface area contributed by atoms with Crippen LogP contribution < -0.4 is 0 Å². The van der Waals surface area contributed by atoms with E-state index in [1.165, 1.54) is 48.8 Å². The van der Waals surface area contributed by atoms with Crippen molar-refractivity contribution in [2.75, 3.05) is 0 Å². The minimum absolute atomic E-state index is 0.567. The molecule has 0 atom stereocenters. The summed E-state index contributed by atoms with van der Waals surface area (Å²) >= 11 is 0. The molecule has 0 fully saturated rings. The predicted octanol–water partition coefficient (Wildman–Crippen LogP) is 16.2. The molecule has 316 valence electrons. The quantitative estimate of drug-likeness (QED) is 0.156. The van der Waals surface area contributed by atoms with Crippen molar-refractivity contribution in [2.24, 2.45) is 0 Å². The van der Waals surface area contributed by atoms with Crippen molar-refractivity contribution in [3.8, 4) is 56.7 Å². The standard InChI is InChI=1S/C63H39N5/c1-3-17-40(18-4-1)42-21-15-23-45(35-42)62-64-61(41-19-5-2-6-20-41)65-63(66-62)68-58-32-14-12-30-53(58)56-38-59-55(39-60(56)68)52-29-11-13-31-57(52)67(59)46-24-16-22-43(36-46)44-33-34-51-49-27-8-7-25-47(49)48-26-9-10-28-50(48)54(51)37-44/h1-39H. The third-order valence-corrected chi connectivity index (χ3v) is 13.7. The van der Waals surface area contributed by atoms with Crippen LogP contribution in [0, 0.1) is 0 Å². The van der Waals surface area contributed by atoms with Crippen molar-refractivity contribution >= 4 is 75.9 Å². The van der Waals surface area contributed by atoms with E-state index in [1.54, 1.807) is 0 Å². The van der Waals surface area contributed by atoms with Crippen LogP contribution in [0.2, 0.25) is 0 Å². The average molecular weight is 866 g/mol. The highest BCUT2D eigenvalue weighted by molar-refractivity contribution is 6.26. The predicted molar refractivity (Wildman–Crippen MR) is 283 cm³/mol. The van der Waals surface area contributed by atoms with Crippen LogP contribution in [-0.4, -0.2) is 24.1 Å². The molecule has 5 heteroatoms. The number of benzene rings is 11. The van der Waals surface area contributed by atoms with E-state index in [-0.39, 0.29) is 0 Å². The number of nitrogens with zero attached hydrogens (tertiary/aromatic N) is 5. The fraction of sp³-hybridized carbons (Fsp3) is 0. The van der Waals surface area contributed by atoms with Crippen LogP contribution in [-0.2, 0) is 0 Å². The molecule has 14 rings (SSSR count). The molecule has 11 aromatic carbocycles. The van der Waals surface area contributed by atoms with Crippen LogP contribution in [0.1, 0.15) is 0 Å². The van der Waals surface area contributed by atoms with Crippen molar-refractivity contribution < 1.29 is 0 Å². The number of para-hydroxylation sites is 2. The Hall–Kier alpha value is -9.19. The normalized spacial score (nSPS) is 11.8. The van der Waals surface area contributed by atoms with Crippen LogP contribution in [0.5, 0.6) is 0 Å². The first-order valence-corrected chi connectivity index (χ1v) is 23.1. The van der Waals surface area contributed by atoms with Crippen LogP contribution in [0.25, 0.3) is 133 Å². The van der Waals surface area contributed by atoms with Gasteiger partial charge in [0.2, 0.25) is 5.95 Å². The molecule has 5 nitrogen and oxygen atoms in total. The minimum Gasteiger partial charge on any atom is -0.309 e. The van der Waals surface area contributed by atoms with E-state index in [2.05, 4.69) is 221 Å². The molecule has 0 saturated carbocycles. The Bertz CT molecular complexity index is 4280. The highest BCUT2D eigenvalue weighted by Crippen LogP contribution is 2.42. The second-order valence-corrected chi connectivity index (χ2v) is 17.6. The fourth-order valence-electron chi connectivity index (χ4n) is 10.6. The lowest BCUT2D eigenvalue weighted by Gasteiger charge is -2.13. The molecule has 0 unspecified atom stereocenters. The maximum absolute atomic E-state index is 5.33. The van der Waals surface area contributed by atoms with Gasteiger partial charge in [-0.05, 0) is 103 Å². The second-order valence-electron chi connectivity index (χ2n) is 17.6. The maximum atomic E-state index is 5.33. The summed E-state index contributed by atoms with van der Waals surface area (Å²) in [6.45, 7) is 0. The maximum Gasteiger partial charge on any atom is 0.238 e. The van der Waals surface area contributed by atoms with Gasteiger partial charge in [-0.25, -0.2) is 4.98 Å². The Kier molecular flexibility index (Phi) is 8.52. The van der Waals surface area contributed by atoms with Crippen molar-refractivity contribution in [2.45, 2.75) is 0 Å². The van der Waals surface area contributed by atoms with Crippen molar-refractivity contribution in [3.05, 3.63) is 237 Å². The van der Waals surface area contributed by atoms with Crippen molar-refractivity contribution in [1.29, 1.82) is 0 Å². The Labute approximate surface area is 391 Å². The van der Waals surface area contributed by atoms with Crippen LogP contribution in [0.4, 0.5) is 0 Å². The lowest BCUT2D eigenvalue weighted by molar-refractivity contribution is 0.954. The molecule has 0 bridgehead atoms. The summed E-state index contributed by atoms with van der Waals surface area (Å²) in [6, 6.07) is 84.7. The molecule has 14 aromatic rings. The van der Waals surface area contributed by atoms with Gasteiger partial charge in [0.25, 0.3) is 0 Å². The summed E-state index contributed by atoms with van der Waals surface area (Å²) in [5.74, 6) is 1.80. The van der Waals surface area contributed by atoms with Gasteiger partial charge in [0.15, 0.2) is 11.6 Å². The monoisotopic (exact) mass is 865 g/mol. The molecule has 0 saturated heterocycles. The zero-order chi connectivity index (χ0) is 44.7. The lowest BCUT2D eigenvalue weighted by atomic mass is 9.92. The fourth-order valence-corrected chi connectivity index (χ4v) is 10.6. The average Bonchev–Trinajstić information content (AvgIpc) is 3.92. The highest BCUT2D eigenvalue weighted by Gasteiger charge is 2.22. The van der Waals surface area contributed by atoms with Gasteiger partial charge in [-0.15, -0.1) is 0 Å². The number of hydrogen-bond donors (Lipinski definition) is 0. The van der Waals surface area contributed by atoms with Gasteiger partial charge in [0, 0.05) is 38.4 Å². The first kappa shape index (κ1) is 38.1. The van der Waals surface area contributed by atoms with Gasteiger partial charge in [-0.1, -0.05) is 188 Å².